The summed E-state index contributed by atoms with van der Waals surface area (Å²) in [5.74, 6) is -0.326. The summed E-state index contributed by atoms with van der Waals surface area (Å²) in [5, 5.41) is 10.5. The fourth-order valence-corrected chi connectivity index (χ4v) is 3.49. The molecule has 2 aromatic carbocycles. The van der Waals surface area contributed by atoms with Gasteiger partial charge in [0.1, 0.15) is 16.4 Å². The largest absolute Gasteiger partial charge is 0.507 e. The molecule has 0 saturated carbocycles. The molecule has 28 heavy (non-hydrogen) atoms. The molecular weight excluding hydrogens is 380 g/mol. The van der Waals surface area contributed by atoms with Crippen LogP contribution in [0.1, 0.15) is 36.8 Å². The van der Waals surface area contributed by atoms with Crippen LogP contribution in [0, 0.1) is 0 Å². The second kappa shape index (κ2) is 10.2. The average Bonchev–Trinajstić information content (AvgIpc) is 2.67. The summed E-state index contributed by atoms with van der Waals surface area (Å²) in [7, 11) is -3.28. The first-order valence-electron chi connectivity index (χ1n) is 9.07. The highest BCUT2D eigenvalue weighted by Crippen LogP contribution is 2.33. The van der Waals surface area contributed by atoms with Crippen LogP contribution in [-0.4, -0.2) is 44.0 Å². The third-order valence-corrected chi connectivity index (χ3v) is 5.12. The molecule has 0 aromatic heterocycles. The van der Waals surface area contributed by atoms with E-state index in [1.165, 1.54) is 13.2 Å². The molecule has 2 rings (SSSR count). The number of phenolic OH excluding ortho intramolecular Hbond substituents is 1. The number of rotatable bonds is 10. The molecule has 8 heteroatoms. The number of methoxy groups -OCH3 is 1. The monoisotopic (exact) mass is 406 g/mol. The quantitative estimate of drug-likeness (QED) is 0.317. The van der Waals surface area contributed by atoms with E-state index in [-0.39, 0.29) is 17.1 Å². The normalized spacial score (nSPS) is 12.2. The van der Waals surface area contributed by atoms with E-state index in [0.29, 0.717) is 18.8 Å². The topological polar surface area (TPSA) is 122 Å². The predicted octanol–water partition coefficient (Wildman–Crippen LogP) is 3.00. The summed E-state index contributed by atoms with van der Waals surface area (Å²) in [6.45, 7) is 1.18. The molecule has 0 aliphatic carbocycles. The molecule has 0 aliphatic heterocycles. The zero-order valence-electron chi connectivity index (χ0n) is 15.8. The van der Waals surface area contributed by atoms with Gasteiger partial charge in [-0.05, 0) is 25.5 Å². The van der Waals surface area contributed by atoms with Gasteiger partial charge in [-0.1, -0.05) is 43.2 Å². The molecule has 0 heterocycles. The maximum absolute atomic E-state index is 11.7. The molecule has 0 spiro atoms. The number of ether oxygens (including phenoxy) is 1. The van der Waals surface area contributed by atoms with Crippen LogP contribution in [0.15, 0.2) is 52.4 Å². The van der Waals surface area contributed by atoms with Gasteiger partial charge in [0.15, 0.2) is 0 Å². The van der Waals surface area contributed by atoms with Gasteiger partial charge in [-0.2, -0.15) is 8.42 Å². The van der Waals surface area contributed by atoms with Crippen LogP contribution in [0.4, 0.5) is 0 Å². The van der Waals surface area contributed by atoms with E-state index in [9.17, 15) is 18.1 Å². The van der Waals surface area contributed by atoms with Gasteiger partial charge in [-0.15, -0.1) is 0 Å². The van der Waals surface area contributed by atoms with Gasteiger partial charge in [0.05, 0.1) is 12.8 Å². The van der Waals surface area contributed by atoms with Crippen molar-refractivity contribution in [2.75, 3.05) is 20.2 Å². The average molecular weight is 407 g/mol. The van der Waals surface area contributed by atoms with Crippen LogP contribution in [-0.2, 0) is 10.1 Å². The number of benzene rings is 2. The smallest absolute Gasteiger partial charge is 0.298 e. The molecule has 152 valence electrons. The SMILES string of the molecule is COc1cc(O)c(/C(=N\CCCCCCN)c2ccccc2)cc1S(=O)(=O)O. The van der Waals surface area contributed by atoms with Crippen molar-refractivity contribution in [2.45, 2.75) is 30.6 Å². The lowest BCUT2D eigenvalue weighted by molar-refractivity contribution is 0.391. The fourth-order valence-electron chi connectivity index (χ4n) is 2.83. The zero-order valence-corrected chi connectivity index (χ0v) is 16.7. The number of phenols is 1. The van der Waals surface area contributed by atoms with E-state index in [4.69, 9.17) is 10.5 Å². The van der Waals surface area contributed by atoms with Crippen LogP contribution >= 0.6 is 0 Å². The van der Waals surface area contributed by atoms with Gasteiger partial charge >= 0.3 is 0 Å². The number of aromatic hydroxyl groups is 1. The second-order valence-corrected chi connectivity index (χ2v) is 7.68. The van der Waals surface area contributed by atoms with E-state index in [1.54, 1.807) is 0 Å². The number of unbranched alkanes of at least 4 members (excludes halogenated alkanes) is 3. The molecule has 0 radical (unpaired) electrons. The van der Waals surface area contributed by atoms with Crippen molar-refractivity contribution in [3.8, 4) is 11.5 Å². The molecule has 0 amide bonds. The van der Waals surface area contributed by atoms with Crippen LogP contribution in [0.3, 0.4) is 0 Å². The van der Waals surface area contributed by atoms with Crippen molar-refractivity contribution in [3.63, 3.8) is 0 Å². The highest BCUT2D eigenvalue weighted by molar-refractivity contribution is 7.86. The zero-order chi connectivity index (χ0) is 20.6. The lowest BCUT2D eigenvalue weighted by Crippen LogP contribution is -2.09. The molecule has 7 nitrogen and oxygen atoms in total. The summed E-state index contributed by atoms with van der Waals surface area (Å²) in [6.07, 6.45) is 3.81. The molecular formula is C20H26N2O5S. The van der Waals surface area contributed by atoms with Gasteiger partial charge in [-0.25, -0.2) is 0 Å². The molecule has 0 aliphatic rings. The van der Waals surface area contributed by atoms with Crippen LogP contribution in [0.2, 0.25) is 0 Å². The molecule has 0 fully saturated rings. The Morgan fingerprint density at radius 2 is 1.79 bits per heavy atom. The third kappa shape index (κ3) is 5.79. The van der Waals surface area contributed by atoms with Crippen molar-refractivity contribution < 1.29 is 22.8 Å². The van der Waals surface area contributed by atoms with E-state index >= 15 is 0 Å². The van der Waals surface area contributed by atoms with Gasteiger partial charge in [-0.3, -0.25) is 9.55 Å². The predicted molar refractivity (Wildman–Crippen MR) is 109 cm³/mol. The Kier molecular flexibility index (Phi) is 7.98. The Morgan fingerprint density at radius 3 is 2.39 bits per heavy atom. The first kappa shape index (κ1) is 21.9. The molecule has 4 N–H and O–H groups in total. The Labute approximate surface area is 165 Å². The molecule has 0 unspecified atom stereocenters. The van der Waals surface area contributed by atoms with Gasteiger partial charge in [0.25, 0.3) is 10.1 Å². The summed E-state index contributed by atoms with van der Waals surface area (Å²) in [5.41, 5.74) is 6.88. The lowest BCUT2D eigenvalue weighted by Gasteiger charge is -2.13. The molecule has 0 saturated heterocycles. The van der Waals surface area contributed by atoms with E-state index in [1.807, 2.05) is 30.3 Å². The Balaban J connectivity index is 2.46. The minimum atomic E-state index is -4.54. The van der Waals surface area contributed by atoms with Crippen molar-refractivity contribution in [3.05, 3.63) is 53.6 Å². The first-order valence-corrected chi connectivity index (χ1v) is 10.5. The highest BCUT2D eigenvalue weighted by atomic mass is 32.2. The number of hydrogen-bond donors (Lipinski definition) is 3. The Hall–Kier alpha value is -2.42. The highest BCUT2D eigenvalue weighted by Gasteiger charge is 2.22. The van der Waals surface area contributed by atoms with Gasteiger partial charge < -0.3 is 15.6 Å². The van der Waals surface area contributed by atoms with E-state index in [0.717, 1.165) is 37.3 Å². The molecule has 2 aromatic rings. The second-order valence-electron chi connectivity index (χ2n) is 6.29. The first-order chi connectivity index (χ1) is 13.4. The fraction of sp³-hybridized carbons (Fsp3) is 0.350. The number of aliphatic imine (C=N–C) groups is 1. The van der Waals surface area contributed by atoms with E-state index in [2.05, 4.69) is 4.99 Å². The lowest BCUT2D eigenvalue weighted by atomic mass is 10.0. The Morgan fingerprint density at radius 1 is 1.11 bits per heavy atom. The third-order valence-electron chi connectivity index (χ3n) is 4.24. The number of nitrogens with two attached hydrogens (primary N) is 1. The minimum Gasteiger partial charge on any atom is -0.507 e. The van der Waals surface area contributed by atoms with Gasteiger partial charge in [0.2, 0.25) is 0 Å². The number of hydrogen-bond acceptors (Lipinski definition) is 6. The van der Waals surface area contributed by atoms with Crippen LogP contribution < -0.4 is 10.5 Å². The van der Waals surface area contributed by atoms with Crippen molar-refractivity contribution in [1.82, 2.24) is 0 Å². The van der Waals surface area contributed by atoms with Crippen molar-refractivity contribution in [1.29, 1.82) is 0 Å². The van der Waals surface area contributed by atoms with Crippen molar-refractivity contribution >= 4 is 15.8 Å². The minimum absolute atomic E-state index is 0.141. The maximum Gasteiger partial charge on any atom is 0.298 e. The molecule has 0 atom stereocenters. The van der Waals surface area contributed by atoms with Gasteiger partial charge in [0, 0.05) is 23.7 Å². The Bertz CT molecular complexity index is 912. The van der Waals surface area contributed by atoms with Crippen LogP contribution in [0.5, 0.6) is 11.5 Å². The standard InChI is InChI=1S/C20H26N2O5S/c1-27-18-14-17(23)16(13-19(18)28(24,25)26)20(15-9-5-4-6-10-15)22-12-8-3-2-7-11-21/h4-6,9-10,13-14,23H,2-3,7-8,11-12,21H2,1H3,(H,24,25,26)/b22-20-. The summed E-state index contributed by atoms with van der Waals surface area (Å²) >= 11 is 0. The summed E-state index contributed by atoms with van der Waals surface area (Å²) < 4.78 is 38.0. The van der Waals surface area contributed by atoms with Crippen molar-refractivity contribution in [2.24, 2.45) is 10.7 Å². The summed E-state index contributed by atoms with van der Waals surface area (Å²) in [6, 6.07) is 11.5. The van der Waals surface area contributed by atoms with E-state index < -0.39 is 15.0 Å². The molecule has 0 bridgehead atoms. The van der Waals surface area contributed by atoms with Crippen LogP contribution in [0.25, 0.3) is 0 Å². The summed E-state index contributed by atoms with van der Waals surface area (Å²) in [4.78, 5) is 4.19. The number of nitrogens with zero attached hydrogens (tertiary/aromatic N) is 1. The maximum atomic E-state index is 11.7.